The van der Waals surface area contributed by atoms with Gasteiger partial charge in [-0.15, -0.1) is 0 Å². The third-order valence-corrected chi connectivity index (χ3v) is 2.48. The Labute approximate surface area is 74.8 Å². The van der Waals surface area contributed by atoms with Crippen molar-refractivity contribution in [3.63, 3.8) is 0 Å². The zero-order valence-electron chi connectivity index (χ0n) is 8.01. The topological polar surface area (TPSA) is 20.2 Å². The lowest BCUT2D eigenvalue weighted by Gasteiger charge is -2.24. The average Bonchev–Trinajstić information content (AvgIpc) is 2.53. The molecule has 1 aliphatic rings. The molecule has 1 heteroatoms. The molecule has 0 fully saturated rings. The summed E-state index contributed by atoms with van der Waals surface area (Å²) in [5, 5.41) is 10.0. The van der Waals surface area contributed by atoms with E-state index < -0.39 is 5.60 Å². The molecule has 0 spiro atoms. The standard InChI is InChI=1S/C11H18O/c1-3-4-9-11(2,12)10-7-5-6-8-10/h5-7,12H,3-4,8-9H2,1-2H3. The summed E-state index contributed by atoms with van der Waals surface area (Å²) in [4.78, 5) is 0. The molecule has 0 bridgehead atoms. The maximum absolute atomic E-state index is 10.0. The number of aliphatic hydroxyl groups is 1. The first-order chi connectivity index (χ1) is 5.67. The first kappa shape index (κ1) is 9.53. The van der Waals surface area contributed by atoms with Crippen LogP contribution in [0.5, 0.6) is 0 Å². The van der Waals surface area contributed by atoms with Gasteiger partial charge in [0.05, 0.1) is 5.60 Å². The summed E-state index contributed by atoms with van der Waals surface area (Å²) in [7, 11) is 0. The van der Waals surface area contributed by atoms with Crippen molar-refractivity contribution in [3.8, 4) is 0 Å². The Kier molecular flexibility index (Phi) is 3.10. The van der Waals surface area contributed by atoms with Crippen molar-refractivity contribution in [2.24, 2.45) is 0 Å². The summed E-state index contributed by atoms with van der Waals surface area (Å²) in [5.74, 6) is 0. The lowest BCUT2D eigenvalue weighted by Crippen LogP contribution is -2.25. The highest BCUT2D eigenvalue weighted by atomic mass is 16.3. The normalized spacial score (nSPS) is 20.8. The minimum atomic E-state index is -0.570. The number of hydrogen-bond acceptors (Lipinski definition) is 1. The maximum atomic E-state index is 10.0. The van der Waals surface area contributed by atoms with Crippen molar-refractivity contribution in [2.75, 3.05) is 0 Å². The molecule has 1 unspecified atom stereocenters. The second-order valence-electron chi connectivity index (χ2n) is 3.70. The van der Waals surface area contributed by atoms with Crippen LogP contribution in [0.15, 0.2) is 23.8 Å². The summed E-state index contributed by atoms with van der Waals surface area (Å²) in [5.41, 5.74) is 0.593. The third kappa shape index (κ3) is 2.21. The van der Waals surface area contributed by atoms with Crippen LogP contribution in [-0.4, -0.2) is 10.7 Å². The van der Waals surface area contributed by atoms with E-state index in [1.54, 1.807) is 0 Å². The molecule has 0 aromatic heterocycles. The Morgan fingerprint density at radius 3 is 2.83 bits per heavy atom. The molecular weight excluding hydrogens is 148 g/mol. The fraction of sp³-hybridized carbons (Fsp3) is 0.636. The Morgan fingerprint density at radius 2 is 2.33 bits per heavy atom. The minimum absolute atomic E-state index is 0.570. The molecule has 1 atom stereocenters. The fourth-order valence-corrected chi connectivity index (χ4v) is 1.53. The predicted octanol–water partition coefficient (Wildman–Crippen LogP) is 2.81. The maximum Gasteiger partial charge on any atom is 0.0834 e. The molecular formula is C11H18O. The molecule has 0 aromatic carbocycles. The van der Waals surface area contributed by atoms with E-state index in [0.717, 1.165) is 31.3 Å². The average molecular weight is 166 g/mol. The smallest absolute Gasteiger partial charge is 0.0834 e. The van der Waals surface area contributed by atoms with Crippen molar-refractivity contribution in [2.45, 2.75) is 45.1 Å². The molecule has 1 rings (SSSR count). The highest BCUT2D eigenvalue weighted by Gasteiger charge is 2.24. The van der Waals surface area contributed by atoms with E-state index in [1.807, 2.05) is 19.1 Å². The van der Waals surface area contributed by atoms with Crippen LogP contribution < -0.4 is 0 Å². The van der Waals surface area contributed by atoms with E-state index in [-0.39, 0.29) is 0 Å². The SMILES string of the molecule is CCCCC(C)(O)C1=CC=CC1. The minimum Gasteiger partial charge on any atom is -0.386 e. The number of unbranched alkanes of at least 4 members (excludes halogenated alkanes) is 1. The molecule has 68 valence electrons. The predicted molar refractivity (Wildman–Crippen MR) is 52.0 cm³/mol. The summed E-state index contributed by atoms with van der Waals surface area (Å²) in [6.07, 6.45) is 10.2. The summed E-state index contributed by atoms with van der Waals surface area (Å²) >= 11 is 0. The van der Waals surface area contributed by atoms with Gasteiger partial charge in [0.15, 0.2) is 0 Å². The molecule has 0 saturated heterocycles. The second-order valence-corrected chi connectivity index (χ2v) is 3.70. The van der Waals surface area contributed by atoms with E-state index in [2.05, 4.69) is 13.0 Å². The first-order valence-electron chi connectivity index (χ1n) is 4.75. The van der Waals surface area contributed by atoms with Crippen LogP contribution in [0.4, 0.5) is 0 Å². The molecule has 0 radical (unpaired) electrons. The monoisotopic (exact) mass is 166 g/mol. The van der Waals surface area contributed by atoms with E-state index in [1.165, 1.54) is 0 Å². The Bertz CT molecular complexity index is 199. The van der Waals surface area contributed by atoms with Gasteiger partial charge in [0.2, 0.25) is 0 Å². The van der Waals surface area contributed by atoms with Crippen LogP contribution in [0.25, 0.3) is 0 Å². The van der Waals surface area contributed by atoms with Crippen LogP contribution in [0.1, 0.15) is 39.5 Å². The molecule has 1 N–H and O–H groups in total. The van der Waals surface area contributed by atoms with Crippen molar-refractivity contribution in [3.05, 3.63) is 23.8 Å². The van der Waals surface area contributed by atoms with E-state index in [9.17, 15) is 5.11 Å². The van der Waals surface area contributed by atoms with E-state index >= 15 is 0 Å². The molecule has 0 heterocycles. The van der Waals surface area contributed by atoms with Crippen LogP contribution in [0.3, 0.4) is 0 Å². The van der Waals surface area contributed by atoms with Crippen LogP contribution >= 0.6 is 0 Å². The zero-order valence-corrected chi connectivity index (χ0v) is 8.01. The Hall–Kier alpha value is -0.560. The highest BCUT2D eigenvalue weighted by molar-refractivity contribution is 5.29. The van der Waals surface area contributed by atoms with Gasteiger partial charge < -0.3 is 5.11 Å². The van der Waals surface area contributed by atoms with Gasteiger partial charge in [0, 0.05) is 0 Å². The third-order valence-electron chi connectivity index (χ3n) is 2.48. The van der Waals surface area contributed by atoms with E-state index in [4.69, 9.17) is 0 Å². The van der Waals surface area contributed by atoms with Gasteiger partial charge in [-0.1, -0.05) is 38.0 Å². The number of hydrogen-bond donors (Lipinski definition) is 1. The summed E-state index contributed by atoms with van der Waals surface area (Å²) in [6.45, 7) is 4.07. The van der Waals surface area contributed by atoms with E-state index in [0.29, 0.717) is 0 Å². The molecule has 0 aromatic rings. The van der Waals surface area contributed by atoms with Crippen LogP contribution in [-0.2, 0) is 0 Å². The second kappa shape index (κ2) is 3.90. The fourth-order valence-electron chi connectivity index (χ4n) is 1.53. The molecule has 1 aliphatic carbocycles. The van der Waals surface area contributed by atoms with Gasteiger partial charge >= 0.3 is 0 Å². The van der Waals surface area contributed by atoms with Gasteiger partial charge in [-0.2, -0.15) is 0 Å². The quantitative estimate of drug-likeness (QED) is 0.681. The largest absolute Gasteiger partial charge is 0.386 e. The lowest BCUT2D eigenvalue weighted by atomic mass is 9.90. The first-order valence-corrected chi connectivity index (χ1v) is 4.75. The molecule has 12 heavy (non-hydrogen) atoms. The lowest BCUT2D eigenvalue weighted by molar-refractivity contribution is 0.0849. The highest BCUT2D eigenvalue weighted by Crippen LogP contribution is 2.28. The molecule has 0 amide bonds. The number of allylic oxidation sites excluding steroid dienone is 3. The number of rotatable bonds is 4. The summed E-state index contributed by atoms with van der Waals surface area (Å²) in [6, 6.07) is 0. The van der Waals surface area contributed by atoms with Gasteiger partial charge in [-0.25, -0.2) is 0 Å². The Balaban J connectivity index is 2.47. The van der Waals surface area contributed by atoms with Crippen LogP contribution in [0.2, 0.25) is 0 Å². The zero-order chi connectivity index (χ0) is 9.03. The van der Waals surface area contributed by atoms with Crippen molar-refractivity contribution in [1.29, 1.82) is 0 Å². The van der Waals surface area contributed by atoms with Gasteiger partial charge in [-0.05, 0) is 25.3 Å². The van der Waals surface area contributed by atoms with Crippen molar-refractivity contribution < 1.29 is 5.11 Å². The van der Waals surface area contributed by atoms with Crippen molar-refractivity contribution >= 4 is 0 Å². The van der Waals surface area contributed by atoms with Gasteiger partial charge in [-0.3, -0.25) is 0 Å². The molecule has 0 saturated carbocycles. The molecule has 0 aliphatic heterocycles. The summed E-state index contributed by atoms with van der Waals surface area (Å²) < 4.78 is 0. The van der Waals surface area contributed by atoms with Gasteiger partial charge in [0.25, 0.3) is 0 Å². The molecule has 1 nitrogen and oxygen atoms in total. The Morgan fingerprint density at radius 1 is 1.58 bits per heavy atom. The van der Waals surface area contributed by atoms with Gasteiger partial charge in [0.1, 0.15) is 0 Å². The van der Waals surface area contributed by atoms with Crippen molar-refractivity contribution in [1.82, 2.24) is 0 Å². The van der Waals surface area contributed by atoms with Crippen LogP contribution in [0, 0.1) is 0 Å².